The van der Waals surface area contributed by atoms with Gasteiger partial charge in [-0.2, -0.15) is 15.4 Å². The van der Waals surface area contributed by atoms with E-state index in [1.807, 2.05) is 12.1 Å². The van der Waals surface area contributed by atoms with Crippen molar-refractivity contribution < 1.29 is 9.72 Å². The molecule has 2 aromatic rings. The monoisotopic (exact) mass is 362 g/mol. The fourth-order valence-corrected chi connectivity index (χ4v) is 3.38. The maximum atomic E-state index is 13.3. The molecular weight excluding hydrogens is 344 g/mol. The van der Waals surface area contributed by atoms with Crippen molar-refractivity contribution >= 4 is 17.3 Å². The summed E-state index contributed by atoms with van der Waals surface area (Å²) in [7, 11) is 0. The highest BCUT2D eigenvalue weighted by Crippen LogP contribution is 2.44. The molecule has 136 valence electrons. The number of hydrazone groups is 1. The number of nitrogens with zero attached hydrogens (tertiary/aromatic N) is 4. The van der Waals surface area contributed by atoms with Crippen molar-refractivity contribution in [2.45, 2.75) is 19.8 Å². The van der Waals surface area contributed by atoms with E-state index in [2.05, 4.69) is 5.10 Å². The molecule has 2 aromatic carbocycles. The lowest BCUT2D eigenvalue weighted by Crippen LogP contribution is -2.44. The van der Waals surface area contributed by atoms with E-state index < -0.39 is 22.8 Å². The minimum absolute atomic E-state index is 0.303. The molecule has 2 atom stereocenters. The molecule has 7 nitrogen and oxygen atoms in total. The number of nitro groups is 1. The number of hydrogen-bond acceptors (Lipinski definition) is 5. The molecule has 0 aliphatic carbocycles. The Morgan fingerprint density at radius 3 is 2.41 bits per heavy atom. The molecule has 0 spiro atoms. The zero-order chi connectivity index (χ0) is 19.6. The van der Waals surface area contributed by atoms with Gasteiger partial charge in [-0.15, -0.1) is 0 Å². The second kappa shape index (κ2) is 7.00. The normalized spacial score (nSPS) is 20.1. The second-order valence-corrected chi connectivity index (χ2v) is 6.64. The van der Waals surface area contributed by atoms with Crippen LogP contribution in [0.1, 0.15) is 30.9 Å². The van der Waals surface area contributed by atoms with E-state index in [1.165, 1.54) is 5.01 Å². The molecule has 0 radical (unpaired) electrons. The lowest BCUT2D eigenvalue weighted by atomic mass is 9.70. The third-order valence-corrected chi connectivity index (χ3v) is 5.11. The van der Waals surface area contributed by atoms with Gasteiger partial charge in [0.2, 0.25) is 6.54 Å². The van der Waals surface area contributed by atoms with E-state index in [9.17, 15) is 14.9 Å². The molecule has 27 heavy (non-hydrogen) atoms. The highest BCUT2D eigenvalue weighted by Gasteiger charge is 2.53. The topological polar surface area (TPSA) is 99.6 Å². The van der Waals surface area contributed by atoms with Crippen LogP contribution in [0.15, 0.2) is 59.7 Å². The molecule has 1 heterocycles. The zero-order valence-electron chi connectivity index (χ0n) is 15.0. The maximum Gasteiger partial charge on any atom is 0.259 e. The molecule has 2 unspecified atom stereocenters. The number of nitriles is 1. The number of hydrogen-bond donors (Lipinski definition) is 0. The third kappa shape index (κ3) is 3.17. The largest absolute Gasteiger partial charge is 0.271 e. The Kier molecular flexibility index (Phi) is 4.74. The zero-order valence-corrected chi connectivity index (χ0v) is 15.0. The summed E-state index contributed by atoms with van der Waals surface area (Å²) in [4.78, 5) is 24.2. The Balaban J connectivity index is 2.05. The van der Waals surface area contributed by atoms with Crippen molar-refractivity contribution in [3.8, 4) is 6.07 Å². The number of carbonyl (C=O) groups is 1. The van der Waals surface area contributed by atoms with Crippen molar-refractivity contribution in [3.63, 3.8) is 0 Å². The Morgan fingerprint density at radius 2 is 1.85 bits per heavy atom. The standard InChI is InChI=1S/C20H18N4O3/c1-14-20(2,19(25)24(22-14)17-6-4-3-5-7-17)18(13-23(26)27)16-10-8-15(12-21)9-11-16/h3-11,18H,13H2,1-2H3. The van der Waals surface area contributed by atoms with Gasteiger partial charge in [0.25, 0.3) is 5.91 Å². The summed E-state index contributed by atoms with van der Waals surface area (Å²) in [5.41, 5.74) is 1.07. The second-order valence-electron chi connectivity index (χ2n) is 6.64. The van der Waals surface area contributed by atoms with Crippen molar-refractivity contribution in [1.82, 2.24) is 0 Å². The molecule has 1 amide bonds. The lowest BCUT2D eigenvalue weighted by molar-refractivity contribution is -0.485. The summed E-state index contributed by atoms with van der Waals surface area (Å²) in [5, 5.41) is 26.1. The number of para-hydroxylation sites is 1. The summed E-state index contributed by atoms with van der Waals surface area (Å²) >= 11 is 0. The van der Waals surface area contributed by atoms with E-state index in [1.54, 1.807) is 62.4 Å². The summed E-state index contributed by atoms with van der Waals surface area (Å²) in [6, 6.07) is 17.6. The van der Waals surface area contributed by atoms with Gasteiger partial charge in [-0.3, -0.25) is 14.9 Å². The van der Waals surface area contributed by atoms with Crippen LogP contribution in [0.4, 0.5) is 5.69 Å². The van der Waals surface area contributed by atoms with Gasteiger partial charge in [-0.25, -0.2) is 0 Å². The molecule has 0 saturated heterocycles. The Hall–Kier alpha value is -3.53. The predicted octanol–water partition coefficient (Wildman–Crippen LogP) is 3.35. The number of carbonyl (C=O) groups excluding carboxylic acids is 1. The SMILES string of the molecule is CC1=NN(c2ccccc2)C(=O)C1(C)C(C[N+](=O)[O-])c1ccc(C#N)cc1. The van der Waals surface area contributed by atoms with Gasteiger partial charge in [0.15, 0.2) is 0 Å². The van der Waals surface area contributed by atoms with Crippen molar-refractivity contribution in [1.29, 1.82) is 5.26 Å². The first-order valence-corrected chi connectivity index (χ1v) is 8.45. The molecule has 7 heteroatoms. The molecule has 0 bridgehead atoms. The van der Waals surface area contributed by atoms with Gasteiger partial charge in [-0.05, 0) is 43.7 Å². The van der Waals surface area contributed by atoms with Crippen LogP contribution in [0.5, 0.6) is 0 Å². The lowest BCUT2D eigenvalue weighted by Gasteiger charge is -2.30. The smallest absolute Gasteiger partial charge is 0.259 e. The van der Waals surface area contributed by atoms with E-state index in [0.29, 0.717) is 22.5 Å². The minimum Gasteiger partial charge on any atom is -0.271 e. The third-order valence-electron chi connectivity index (χ3n) is 5.11. The summed E-state index contributed by atoms with van der Waals surface area (Å²) < 4.78 is 0. The van der Waals surface area contributed by atoms with Gasteiger partial charge < -0.3 is 0 Å². The van der Waals surface area contributed by atoms with Gasteiger partial charge in [0, 0.05) is 4.92 Å². The van der Waals surface area contributed by atoms with Gasteiger partial charge in [0.05, 0.1) is 28.9 Å². The first-order chi connectivity index (χ1) is 12.9. The fourth-order valence-electron chi connectivity index (χ4n) is 3.38. The Bertz CT molecular complexity index is 947. The van der Waals surface area contributed by atoms with Crippen molar-refractivity contribution in [3.05, 3.63) is 75.8 Å². The number of benzene rings is 2. The Labute approximate surface area is 156 Å². The van der Waals surface area contributed by atoms with Crippen LogP contribution < -0.4 is 5.01 Å². The van der Waals surface area contributed by atoms with Crippen LogP contribution in [0.25, 0.3) is 0 Å². The van der Waals surface area contributed by atoms with Crippen molar-refractivity contribution in [2.75, 3.05) is 11.6 Å². The van der Waals surface area contributed by atoms with E-state index >= 15 is 0 Å². The molecule has 0 saturated carbocycles. The molecule has 3 rings (SSSR count). The van der Waals surface area contributed by atoms with Crippen LogP contribution in [-0.4, -0.2) is 23.1 Å². The van der Waals surface area contributed by atoms with E-state index in [4.69, 9.17) is 5.26 Å². The molecule has 0 aromatic heterocycles. The molecule has 1 aliphatic heterocycles. The highest BCUT2D eigenvalue weighted by atomic mass is 16.6. The Morgan fingerprint density at radius 1 is 1.22 bits per heavy atom. The van der Waals surface area contributed by atoms with Crippen LogP contribution in [0.3, 0.4) is 0 Å². The first kappa shape index (κ1) is 18.3. The average Bonchev–Trinajstić information content (AvgIpc) is 2.91. The van der Waals surface area contributed by atoms with Gasteiger partial charge >= 0.3 is 0 Å². The van der Waals surface area contributed by atoms with Crippen LogP contribution >= 0.6 is 0 Å². The average molecular weight is 362 g/mol. The van der Waals surface area contributed by atoms with Gasteiger partial charge in [0.1, 0.15) is 5.41 Å². The summed E-state index contributed by atoms with van der Waals surface area (Å²) in [5.74, 6) is -1.01. The minimum atomic E-state index is -1.16. The first-order valence-electron chi connectivity index (χ1n) is 8.45. The number of amides is 1. The van der Waals surface area contributed by atoms with Crippen LogP contribution in [0, 0.1) is 26.9 Å². The summed E-state index contributed by atoms with van der Waals surface area (Å²) in [6.07, 6.45) is 0. The van der Waals surface area contributed by atoms with E-state index in [0.717, 1.165) is 0 Å². The highest BCUT2D eigenvalue weighted by molar-refractivity contribution is 6.18. The summed E-state index contributed by atoms with van der Waals surface area (Å²) in [6.45, 7) is 3.00. The molecular formula is C20H18N4O3. The van der Waals surface area contributed by atoms with Crippen molar-refractivity contribution in [2.24, 2.45) is 10.5 Å². The predicted molar refractivity (Wildman–Crippen MR) is 101 cm³/mol. The molecule has 0 N–H and O–H groups in total. The number of anilines is 1. The molecule has 0 fully saturated rings. The van der Waals surface area contributed by atoms with Crippen LogP contribution in [-0.2, 0) is 4.79 Å². The van der Waals surface area contributed by atoms with Gasteiger partial charge in [-0.1, -0.05) is 30.3 Å². The van der Waals surface area contributed by atoms with Crippen LogP contribution in [0.2, 0.25) is 0 Å². The quantitative estimate of drug-likeness (QED) is 0.601. The fraction of sp³-hybridized carbons (Fsp3) is 0.250. The number of rotatable bonds is 5. The maximum absolute atomic E-state index is 13.3. The van der Waals surface area contributed by atoms with E-state index in [-0.39, 0.29) is 5.91 Å². The molecule has 1 aliphatic rings.